The normalized spacial score (nSPS) is 12.4. The second-order valence-electron chi connectivity index (χ2n) is 6.26. The van der Waals surface area contributed by atoms with Gasteiger partial charge in [0.05, 0.1) is 7.11 Å². The van der Waals surface area contributed by atoms with Crippen molar-refractivity contribution in [1.82, 2.24) is 0 Å². The van der Waals surface area contributed by atoms with Crippen molar-refractivity contribution in [1.29, 1.82) is 0 Å². The minimum Gasteiger partial charge on any atom is -0.482 e. The van der Waals surface area contributed by atoms with E-state index in [-0.39, 0.29) is 18.5 Å². The molecule has 6 heteroatoms. The molecule has 0 saturated heterocycles. The number of thioether (sulfide) groups is 1. The smallest absolute Gasteiger partial charge is 0.343 e. The first-order valence-electron chi connectivity index (χ1n) is 8.81. The molecular weight excluding hydrogens is 364 g/mol. The molecule has 5 nitrogen and oxygen atoms in total. The van der Waals surface area contributed by atoms with Crippen LogP contribution in [0.15, 0.2) is 41.3 Å². The number of hydrogen-bond donors (Lipinski definition) is 0. The molecule has 142 valence electrons. The number of carbonyl (C=O) groups excluding carboxylic acids is 2. The number of fused-ring (bicyclic) bond motifs is 1. The topological polar surface area (TPSA) is 61.8 Å². The predicted molar refractivity (Wildman–Crippen MR) is 103 cm³/mol. The van der Waals surface area contributed by atoms with Crippen LogP contribution >= 0.6 is 11.8 Å². The summed E-state index contributed by atoms with van der Waals surface area (Å²) >= 11 is 1.78. The second kappa shape index (κ2) is 8.95. The number of carbonyl (C=O) groups is 2. The molecule has 0 fully saturated rings. The van der Waals surface area contributed by atoms with Crippen molar-refractivity contribution >= 4 is 23.7 Å². The maximum absolute atomic E-state index is 11.3. The Morgan fingerprint density at radius 1 is 1.04 bits per heavy atom. The van der Waals surface area contributed by atoms with Gasteiger partial charge < -0.3 is 14.2 Å². The quantitative estimate of drug-likeness (QED) is 0.408. The maximum atomic E-state index is 11.3. The molecule has 1 aliphatic rings. The van der Waals surface area contributed by atoms with E-state index in [1.54, 1.807) is 11.8 Å². The molecule has 0 unspecified atom stereocenters. The molecule has 3 rings (SSSR count). The average Bonchev–Trinajstić information content (AvgIpc) is 3.15. The Labute approximate surface area is 163 Å². The van der Waals surface area contributed by atoms with Gasteiger partial charge in [0.25, 0.3) is 0 Å². The van der Waals surface area contributed by atoms with Crippen molar-refractivity contribution in [3.8, 4) is 11.5 Å². The Morgan fingerprint density at radius 3 is 2.48 bits per heavy atom. The Kier molecular flexibility index (Phi) is 6.40. The van der Waals surface area contributed by atoms with Gasteiger partial charge in [0, 0.05) is 17.6 Å². The van der Waals surface area contributed by atoms with Gasteiger partial charge in [-0.25, -0.2) is 4.79 Å². The molecule has 0 radical (unpaired) electrons. The van der Waals surface area contributed by atoms with Crippen molar-refractivity contribution in [2.24, 2.45) is 0 Å². The molecular formula is C21H22O5S. The van der Waals surface area contributed by atoms with Crippen molar-refractivity contribution in [3.05, 3.63) is 53.1 Å². The third-order valence-corrected chi connectivity index (χ3v) is 5.52. The van der Waals surface area contributed by atoms with Gasteiger partial charge in [-0.15, -0.1) is 11.8 Å². The van der Waals surface area contributed by atoms with Crippen molar-refractivity contribution in [2.75, 3.05) is 13.7 Å². The van der Waals surface area contributed by atoms with Crippen molar-refractivity contribution in [3.63, 3.8) is 0 Å². The van der Waals surface area contributed by atoms with E-state index in [9.17, 15) is 9.59 Å². The Morgan fingerprint density at radius 2 is 1.78 bits per heavy atom. The van der Waals surface area contributed by atoms with E-state index in [2.05, 4.69) is 10.8 Å². The van der Waals surface area contributed by atoms with Crippen LogP contribution in [0.25, 0.3) is 0 Å². The monoisotopic (exact) mass is 386 g/mol. The van der Waals surface area contributed by atoms with Gasteiger partial charge in [0.1, 0.15) is 11.5 Å². The fraction of sp³-hybridized carbons (Fsp3) is 0.333. The minimum absolute atomic E-state index is 0.0654. The molecule has 0 spiro atoms. The average molecular weight is 386 g/mol. The van der Waals surface area contributed by atoms with Crippen LogP contribution in [-0.4, -0.2) is 25.7 Å². The second-order valence-corrected chi connectivity index (χ2v) is 7.28. The highest BCUT2D eigenvalue weighted by Gasteiger charge is 2.20. The van der Waals surface area contributed by atoms with E-state index in [4.69, 9.17) is 9.47 Å². The molecule has 2 aromatic rings. The van der Waals surface area contributed by atoms with Crippen LogP contribution in [0.5, 0.6) is 11.5 Å². The van der Waals surface area contributed by atoms with Crippen LogP contribution in [0, 0.1) is 0 Å². The molecule has 0 heterocycles. The fourth-order valence-corrected chi connectivity index (χ4v) is 4.17. The highest BCUT2D eigenvalue weighted by atomic mass is 32.2. The van der Waals surface area contributed by atoms with Gasteiger partial charge in [-0.1, -0.05) is 12.1 Å². The van der Waals surface area contributed by atoms with Gasteiger partial charge >= 0.3 is 11.9 Å². The van der Waals surface area contributed by atoms with E-state index in [0.717, 1.165) is 36.3 Å². The van der Waals surface area contributed by atoms with Crippen molar-refractivity contribution in [2.45, 2.75) is 36.8 Å². The number of benzene rings is 2. The summed E-state index contributed by atoms with van der Waals surface area (Å²) in [5.74, 6) is 1.47. The van der Waals surface area contributed by atoms with Crippen molar-refractivity contribution < 1.29 is 23.8 Å². The SMILES string of the molecule is COC(=O)COc1ccc(SCc2ccc(OC(C)=O)cc2)c2c1CCC2. The molecule has 0 N–H and O–H groups in total. The van der Waals surface area contributed by atoms with Crippen LogP contribution in [0.3, 0.4) is 0 Å². The van der Waals surface area contributed by atoms with Gasteiger partial charge in [-0.3, -0.25) is 4.79 Å². The van der Waals surface area contributed by atoms with Gasteiger partial charge in [0.2, 0.25) is 0 Å². The van der Waals surface area contributed by atoms with Gasteiger partial charge in [-0.05, 0) is 60.2 Å². The number of ether oxygens (including phenoxy) is 3. The summed E-state index contributed by atoms with van der Waals surface area (Å²) < 4.78 is 15.3. The molecule has 0 bridgehead atoms. The maximum Gasteiger partial charge on any atom is 0.343 e. The molecule has 0 atom stereocenters. The molecule has 2 aromatic carbocycles. The molecule has 1 aliphatic carbocycles. The summed E-state index contributed by atoms with van der Waals surface area (Å²) in [6.45, 7) is 1.33. The Bertz CT molecular complexity index is 829. The lowest BCUT2D eigenvalue weighted by Gasteiger charge is -2.13. The summed E-state index contributed by atoms with van der Waals surface area (Å²) in [5.41, 5.74) is 3.68. The predicted octanol–water partition coefficient (Wildman–Crippen LogP) is 3.94. The Balaban J connectivity index is 1.66. The minimum atomic E-state index is -0.377. The van der Waals surface area contributed by atoms with Crippen LogP contribution in [0.1, 0.15) is 30.0 Å². The first kappa shape index (κ1) is 19.3. The fourth-order valence-electron chi connectivity index (χ4n) is 3.09. The summed E-state index contributed by atoms with van der Waals surface area (Å²) in [6, 6.07) is 11.6. The van der Waals surface area contributed by atoms with Crippen LogP contribution < -0.4 is 9.47 Å². The lowest BCUT2D eigenvalue weighted by molar-refractivity contribution is -0.143. The van der Waals surface area contributed by atoms with E-state index < -0.39 is 0 Å². The zero-order valence-electron chi connectivity index (χ0n) is 15.4. The zero-order chi connectivity index (χ0) is 19.2. The number of methoxy groups -OCH3 is 1. The molecule has 0 saturated carbocycles. The standard InChI is InChI=1S/C21H22O5S/c1-14(22)26-16-8-6-15(7-9-16)13-27-20-11-10-19(25-12-21(23)24-2)17-4-3-5-18(17)20/h6-11H,3-5,12-13H2,1-2H3. The molecule has 0 aliphatic heterocycles. The van der Waals surface area contributed by atoms with Gasteiger partial charge in [-0.2, -0.15) is 0 Å². The summed E-state index contributed by atoms with van der Waals surface area (Å²) in [6.07, 6.45) is 3.09. The number of esters is 2. The van der Waals surface area contributed by atoms with E-state index in [0.29, 0.717) is 5.75 Å². The third-order valence-electron chi connectivity index (χ3n) is 4.35. The lowest BCUT2D eigenvalue weighted by Crippen LogP contribution is -2.13. The van der Waals surface area contributed by atoms with E-state index in [1.807, 2.05) is 30.3 Å². The molecule has 27 heavy (non-hydrogen) atoms. The number of rotatable bonds is 7. The van der Waals surface area contributed by atoms with Crippen LogP contribution in [0.2, 0.25) is 0 Å². The van der Waals surface area contributed by atoms with Crippen LogP contribution in [-0.2, 0) is 32.9 Å². The molecule has 0 aromatic heterocycles. The Hall–Kier alpha value is -2.47. The summed E-state index contributed by atoms with van der Waals surface area (Å²) in [5, 5.41) is 0. The van der Waals surface area contributed by atoms with Gasteiger partial charge in [0.15, 0.2) is 6.61 Å². The number of hydrogen-bond acceptors (Lipinski definition) is 6. The van der Waals surface area contributed by atoms with E-state index >= 15 is 0 Å². The molecule has 0 amide bonds. The lowest BCUT2D eigenvalue weighted by atomic mass is 10.1. The van der Waals surface area contributed by atoms with E-state index in [1.165, 1.54) is 30.1 Å². The van der Waals surface area contributed by atoms with Crippen LogP contribution in [0.4, 0.5) is 0 Å². The first-order valence-corrected chi connectivity index (χ1v) is 9.80. The summed E-state index contributed by atoms with van der Waals surface area (Å²) in [4.78, 5) is 23.5. The largest absolute Gasteiger partial charge is 0.482 e. The highest BCUT2D eigenvalue weighted by Crippen LogP contribution is 2.38. The summed E-state index contributed by atoms with van der Waals surface area (Å²) in [7, 11) is 1.36. The highest BCUT2D eigenvalue weighted by molar-refractivity contribution is 7.98. The third kappa shape index (κ3) is 5.04. The first-order chi connectivity index (χ1) is 13.1. The zero-order valence-corrected chi connectivity index (χ0v) is 16.3.